The molecule has 3 rings (SSSR count). The van der Waals surface area contributed by atoms with Gasteiger partial charge in [0.15, 0.2) is 10.0 Å². The first-order valence-electron chi connectivity index (χ1n) is 7.51. The summed E-state index contributed by atoms with van der Waals surface area (Å²) in [7, 11) is 0. The maximum absolute atomic E-state index is 11.5. The fourth-order valence-corrected chi connectivity index (χ4v) is 3.74. The van der Waals surface area contributed by atoms with Crippen molar-refractivity contribution in [1.82, 2.24) is 9.88 Å². The van der Waals surface area contributed by atoms with E-state index in [4.69, 9.17) is 0 Å². The average Bonchev–Trinajstić information content (AvgIpc) is 3.10. The molecular formula is C17H19N3OS2. The van der Waals surface area contributed by atoms with E-state index in [0.717, 1.165) is 48.3 Å². The van der Waals surface area contributed by atoms with Crippen molar-refractivity contribution in [2.45, 2.75) is 4.90 Å². The van der Waals surface area contributed by atoms with Gasteiger partial charge in [-0.2, -0.15) is 0 Å². The number of hydrogen-bond donors (Lipinski definition) is 0. The number of hydrogen-bond acceptors (Lipinski definition) is 5. The molecule has 1 aromatic heterocycles. The third-order valence-electron chi connectivity index (χ3n) is 3.76. The van der Waals surface area contributed by atoms with E-state index in [1.165, 1.54) is 0 Å². The Morgan fingerprint density at radius 1 is 1.30 bits per heavy atom. The fraction of sp³-hybridized carbons (Fsp3) is 0.353. The molecule has 23 heavy (non-hydrogen) atoms. The highest BCUT2D eigenvalue weighted by Crippen LogP contribution is 2.18. The van der Waals surface area contributed by atoms with Crippen molar-refractivity contribution in [1.29, 1.82) is 0 Å². The minimum Gasteiger partial charge on any atom is -0.612 e. The van der Waals surface area contributed by atoms with Crippen molar-refractivity contribution >= 4 is 27.6 Å². The molecule has 0 radical (unpaired) electrons. The van der Waals surface area contributed by atoms with E-state index < -0.39 is 11.2 Å². The van der Waals surface area contributed by atoms with Crippen LogP contribution in [-0.4, -0.2) is 53.4 Å². The van der Waals surface area contributed by atoms with Crippen molar-refractivity contribution in [3.63, 3.8) is 0 Å². The van der Waals surface area contributed by atoms with Crippen LogP contribution in [0.25, 0.3) is 0 Å². The van der Waals surface area contributed by atoms with E-state index in [0.29, 0.717) is 0 Å². The monoisotopic (exact) mass is 345 g/mol. The van der Waals surface area contributed by atoms with Crippen LogP contribution in [-0.2, 0) is 11.2 Å². The Hall–Kier alpha value is -1.52. The zero-order valence-electron chi connectivity index (χ0n) is 13.1. The zero-order valence-corrected chi connectivity index (χ0v) is 14.7. The van der Waals surface area contributed by atoms with Crippen LogP contribution in [0.2, 0.25) is 0 Å². The van der Waals surface area contributed by atoms with Crippen molar-refractivity contribution in [3.8, 4) is 11.8 Å². The highest BCUT2D eigenvalue weighted by atomic mass is 32.2. The highest BCUT2D eigenvalue weighted by Gasteiger charge is 2.17. The second-order valence-electron chi connectivity index (χ2n) is 5.36. The van der Waals surface area contributed by atoms with E-state index in [9.17, 15) is 4.55 Å². The molecule has 0 N–H and O–H groups in total. The quantitative estimate of drug-likeness (QED) is 0.631. The molecule has 4 nitrogen and oxygen atoms in total. The summed E-state index contributed by atoms with van der Waals surface area (Å²) in [6.45, 7) is 4.78. The smallest absolute Gasteiger partial charge is 0.185 e. The van der Waals surface area contributed by atoms with Crippen molar-refractivity contribution in [3.05, 3.63) is 41.4 Å². The molecule has 0 bridgehead atoms. The lowest BCUT2D eigenvalue weighted by Crippen LogP contribution is -2.46. The van der Waals surface area contributed by atoms with Crippen molar-refractivity contribution in [2.75, 3.05) is 43.9 Å². The van der Waals surface area contributed by atoms with Crippen LogP contribution in [0.3, 0.4) is 0 Å². The maximum atomic E-state index is 11.5. The van der Waals surface area contributed by atoms with Crippen LogP contribution in [0.4, 0.5) is 5.13 Å². The molecule has 1 unspecified atom stereocenters. The van der Waals surface area contributed by atoms with Gasteiger partial charge in [-0.1, -0.05) is 17.9 Å². The summed E-state index contributed by atoms with van der Waals surface area (Å²) in [5.41, 5.74) is 0.930. The van der Waals surface area contributed by atoms with Gasteiger partial charge in [-0.15, -0.1) is 11.3 Å². The Bertz CT molecular complexity index is 683. The number of nitrogens with zero attached hydrogens (tertiary/aromatic N) is 3. The first-order chi connectivity index (χ1) is 11.2. The fourth-order valence-electron chi connectivity index (χ4n) is 2.48. The minimum absolute atomic E-state index is 0.769. The molecule has 1 aromatic carbocycles. The average molecular weight is 345 g/mol. The normalized spacial score (nSPS) is 16.7. The topological polar surface area (TPSA) is 42.4 Å². The molecule has 0 saturated carbocycles. The molecular weight excluding hydrogens is 326 g/mol. The summed E-state index contributed by atoms with van der Waals surface area (Å²) >= 11 is 0.736. The Morgan fingerprint density at radius 2 is 2.13 bits per heavy atom. The van der Waals surface area contributed by atoms with Crippen LogP contribution >= 0.6 is 11.3 Å². The van der Waals surface area contributed by atoms with Gasteiger partial charge in [0, 0.05) is 49.4 Å². The predicted molar refractivity (Wildman–Crippen MR) is 96.4 cm³/mol. The molecule has 1 atom stereocenters. The molecule has 0 spiro atoms. The molecule has 2 heterocycles. The Balaban J connectivity index is 1.51. The number of rotatable bonds is 3. The minimum atomic E-state index is -0.957. The maximum Gasteiger partial charge on any atom is 0.185 e. The molecule has 1 fully saturated rings. The van der Waals surface area contributed by atoms with Gasteiger partial charge < -0.3 is 9.45 Å². The number of thiazole rings is 1. The van der Waals surface area contributed by atoms with Gasteiger partial charge in [-0.25, -0.2) is 4.98 Å². The number of aromatic nitrogens is 1. The third-order valence-corrected chi connectivity index (χ3v) is 5.51. The largest absolute Gasteiger partial charge is 0.612 e. The standard InChI is InChI=1S/C17H19N3OS2/c1-23(21)16-6-2-4-15(14-16)5-3-8-19-9-11-20(12-10-19)17-18-7-13-22-17/h2,4,6-7,13-14H,8-12H2,1H3. The van der Waals surface area contributed by atoms with E-state index in [-0.39, 0.29) is 0 Å². The van der Waals surface area contributed by atoms with Crippen LogP contribution in [0.15, 0.2) is 40.7 Å². The molecule has 0 amide bonds. The lowest BCUT2D eigenvalue weighted by molar-refractivity contribution is 0.288. The molecule has 1 saturated heterocycles. The van der Waals surface area contributed by atoms with Gasteiger partial charge in [0.2, 0.25) is 0 Å². The summed E-state index contributed by atoms with van der Waals surface area (Å²) in [5.74, 6) is 6.41. The SMILES string of the molecule is C[S+]([O-])c1cccc(C#CCN2CCN(c3nccs3)CC2)c1. The van der Waals surface area contributed by atoms with Gasteiger partial charge in [-0.3, -0.25) is 4.90 Å². The summed E-state index contributed by atoms with van der Waals surface area (Å²) < 4.78 is 11.5. The third kappa shape index (κ3) is 4.49. The number of anilines is 1. The summed E-state index contributed by atoms with van der Waals surface area (Å²) in [4.78, 5) is 9.88. The number of piperazine rings is 1. The van der Waals surface area contributed by atoms with Crippen molar-refractivity contribution in [2.24, 2.45) is 0 Å². The van der Waals surface area contributed by atoms with Crippen molar-refractivity contribution < 1.29 is 4.55 Å². The molecule has 0 aliphatic carbocycles. The van der Waals surface area contributed by atoms with Crippen LogP contribution < -0.4 is 4.90 Å². The Labute approximate surface area is 144 Å². The molecule has 1 aliphatic rings. The second-order valence-corrected chi connectivity index (χ2v) is 7.61. The Morgan fingerprint density at radius 3 is 2.83 bits per heavy atom. The second kappa shape index (κ2) is 7.84. The highest BCUT2D eigenvalue weighted by molar-refractivity contribution is 7.90. The molecule has 6 heteroatoms. The van der Waals surface area contributed by atoms with Gasteiger partial charge >= 0.3 is 0 Å². The summed E-state index contributed by atoms with van der Waals surface area (Å²) in [6.07, 6.45) is 3.55. The van der Waals surface area contributed by atoms with Crippen LogP contribution in [0.5, 0.6) is 0 Å². The van der Waals surface area contributed by atoms with Crippen LogP contribution in [0, 0.1) is 11.8 Å². The zero-order chi connectivity index (χ0) is 16.1. The lowest BCUT2D eigenvalue weighted by atomic mass is 10.2. The molecule has 120 valence electrons. The van der Waals surface area contributed by atoms with Gasteiger partial charge in [0.1, 0.15) is 6.26 Å². The van der Waals surface area contributed by atoms with E-state index in [1.54, 1.807) is 17.6 Å². The predicted octanol–water partition coefficient (Wildman–Crippen LogP) is 2.05. The summed E-state index contributed by atoms with van der Waals surface area (Å²) in [5, 5.41) is 3.13. The first kappa shape index (κ1) is 16.3. The van der Waals surface area contributed by atoms with E-state index >= 15 is 0 Å². The van der Waals surface area contributed by atoms with Gasteiger partial charge in [-0.05, 0) is 23.3 Å². The lowest BCUT2D eigenvalue weighted by Gasteiger charge is -2.33. The number of benzene rings is 1. The molecule has 2 aromatic rings. The summed E-state index contributed by atoms with van der Waals surface area (Å²) in [6, 6.07) is 7.65. The van der Waals surface area contributed by atoms with Gasteiger partial charge in [0.05, 0.1) is 6.54 Å². The van der Waals surface area contributed by atoms with E-state index in [1.807, 2.05) is 35.8 Å². The van der Waals surface area contributed by atoms with Crippen LogP contribution in [0.1, 0.15) is 5.56 Å². The Kier molecular flexibility index (Phi) is 5.57. The van der Waals surface area contributed by atoms with E-state index in [2.05, 4.69) is 26.6 Å². The molecule has 1 aliphatic heterocycles. The first-order valence-corrected chi connectivity index (χ1v) is 9.95. The van der Waals surface area contributed by atoms with Gasteiger partial charge in [0.25, 0.3) is 0 Å².